The lowest BCUT2D eigenvalue weighted by molar-refractivity contribution is 0.0746. The highest BCUT2D eigenvalue weighted by Crippen LogP contribution is 2.26. The number of anilines is 3. The van der Waals surface area contributed by atoms with E-state index in [9.17, 15) is 4.79 Å². The number of amides is 1. The van der Waals surface area contributed by atoms with E-state index in [0.29, 0.717) is 48.5 Å². The van der Waals surface area contributed by atoms with Crippen molar-refractivity contribution in [1.29, 1.82) is 0 Å². The highest BCUT2D eigenvalue weighted by molar-refractivity contribution is 6.30. The number of halogens is 1. The fourth-order valence-corrected chi connectivity index (χ4v) is 3.56. The van der Waals surface area contributed by atoms with Gasteiger partial charge in [-0.25, -0.2) is 4.98 Å². The predicted molar refractivity (Wildman–Crippen MR) is 118 cm³/mol. The monoisotopic (exact) mass is 423 g/mol. The Morgan fingerprint density at radius 3 is 2.63 bits per heavy atom. The first-order chi connectivity index (χ1) is 14.6. The summed E-state index contributed by atoms with van der Waals surface area (Å²) < 4.78 is 5.38. The minimum absolute atomic E-state index is 0.00958. The molecule has 3 aromatic rings. The van der Waals surface area contributed by atoms with Crippen LogP contribution in [0.5, 0.6) is 5.75 Å². The summed E-state index contributed by atoms with van der Waals surface area (Å²) in [6, 6.07) is 16.5. The van der Waals surface area contributed by atoms with Crippen molar-refractivity contribution in [1.82, 2.24) is 14.9 Å². The van der Waals surface area contributed by atoms with Gasteiger partial charge in [-0.05, 0) is 36.4 Å². The second-order valence-corrected chi connectivity index (χ2v) is 7.29. The molecule has 1 amide bonds. The van der Waals surface area contributed by atoms with Gasteiger partial charge >= 0.3 is 0 Å². The smallest absolute Gasteiger partial charge is 0.254 e. The molecule has 8 heteroatoms. The molecule has 0 saturated carbocycles. The van der Waals surface area contributed by atoms with Gasteiger partial charge in [0.25, 0.3) is 5.91 Å². The average Bonchev–Trinajstić information content (AvgIpc) is 2.79. The lowest BCUT2D eigenvalue weighted by atomic mass is 10.2. The minimum atomic E-state index is -0.00958. The molecule has 1 aliphatic heterocycles. The molecular weight excluding hydrogens is 402 g/mol. The first-order valence-electron chi connectivity index (χ1n) is 9.67. The molecule has 2 aromatic carbocycles. The second kappa shape index (κ2) is 9.00. The number of carbonyl (C=O) groups is 1. The molecule has 4 rings (SSSR count). The first-order valence-corrected chi connectivity index (χ1v) is 10.0. The van der Waals surface area contributed by atoms with E-state index >= 15 is 0 Å². The molecule has 1 N–H and O–H groups in total. The molecule has 0 bridgehead atoms. The third-order valence-electron chi connectivity index (χ3n) is 4.93. The zero-order valence-electron chi connectivity index (χ0n) is 16.6. The molecule has 0 atom stereocenters. The van der Waals surface area contributed by atoms with E-state index in [4.69, 9.17) is 16.3 Å². The molecule has 154 valence electrons. The van der Waals surface area contributed by atoms with E-state index in [1.54, 1.807) is 37.6 Å². The maximum absolute atomic E-state index is 12.7. The van der Waals surface area contributed by atoms with Crippen molar-refractivity contribution in [3.8, 4) is 5.75 Å². The Morgan fingerprint density at radius 2 is 1.87 bits per heavy atom. The summed E-state index contributed by atoms with van der Waals surface area (Å²) in [5, 5.41) is 3.84. The zero-order chi connectivity index (χ0) is 20.9. The highest BCUT2D eigenvalue weighted by Gasteiger charge is 2.23. The van der Waals surface area contributed by atoms with Crippen molar-refractivity contribution in [2.45, 2.75) is 0 Å². The van der Waals surface area contributed by atoms with Crippen molar-refractivity contribution in [3.63, 3.8) is 0 Å². The predicted octanol–water partition coefficient (Wildman–Crippen LogP) is 3.84. The van der Waals surface area contributed by atoms with Gasteiger partial charge < -0.3 is 19.9 Å². The van der Waals surface area contributed by atoms with Crippen LogP contribution in [-0.4, -0.2) is 54.1 Å². The molecule has 1 fully saturated rings. The van der Waals surface area contributed by atoms with Crippen LogP contribution in [0.25, 0.3) is 0 Å². The van der Waals surface area contributed by atoms with Gasteiger partial charge in [0, 0.05) is 43.0 Å². The Morgan fingerprint density at radius 1 is 1.07 bits per heavy atom. The number of carbonyl (C=O) groups excluding carboxylic acids is 1. The van der Waals surface area contributed by atoms with E-state index in [1.165, 1.54) is 0 Å². The van der Waals surface area contributed by atoms with Crippen LogP contribution in [0.3, 0.4) is 0 Å². The van der Waals surface area contributed by atoms with Crippen LogP contribution in [0.2, 0.25) is 5.02 Å². The van der Waals surface area contributed by atoms with Crippen molar-refractivity contribution < 1.29 is 9.53 Å². The van der Waals surface area contributed by atoms with E-state index in [0.717, 1.165) is 11.4 Å². The molecule has 0 radical (unpaired) electrons. The third kappa shape index (κ3) is 4.46. The molecule has 1 aliphatic rings. The zero-order valence-corrected chi connectivity index (χ0v) is 17.3. The van der Waals surface area contributed by atoms with Gasteiger partial charge in [0.15, 0.2) is 0 Å². The van der Waals surface area contributed by atoms with Crippen LogP contribution >= 0.6 is 11.6 Å². The van der Waals surface area contributed by atoms with Crippen LogP contribution in [0.1, 0.15) is 10.4 Å². The lowest BCUT2D eigenvalue weighted by Crippen LogP contribution is -2.49. The molecular formula is C22H22ClN5O2. The summed E-state index contributed by atoms with van der Waals surface area (Å²) in [6.45, 7) is 2.51. The molecule has 2 heterocycles. The quantitative estimate of drug-likeness (QED) is 0.672. The summed E-state index contributed by atoms with van der Waals surface area (Å²) in [5.41, 5.74) is 1.44. The standard InChI is InChI=1S/C22H22ClN5O2/c1-30-19-8-3-2-7-18(19)25-20-9-10-24-22(26-20)28-13-11-27(12-14-28)21(29)16-5-4-6-17(23)15-16/h2-10,15H,11-14H2,1H3,(H,24,25,26). The van der Waals surface area contributed by atoms with Crippen LogP contribution in [-0.2, 0) is 0 Å². The van der Waals surface area contributed by atoms with Crippen LogP contribution in [0.15, 0.2) is 60.8 Å². The summed E-state index contributed by atoms with van der Waals surface area (Å²) in [5.74, 6) is 2.04. The van der Waals surface area contributed by atoms with Crippen molar-refractivity contribution in [3.05, 3.63) is 71.4 Å². The molecule has 1 saturated heterocycles. The molecule has 1 aromatic heterocycles. The van der Waals surface area contributed by atoms with E-state index in [-0.39, 0.29) is 5.91 Å². The van der Waals surface area contributed by atoms with Gasteiger partial charge in [-0.3, -0.25) is 4.79 Å². The largest absolute Gasteiger partial charge is 0.495 e. The Balaban J connectivity index is 1.41. The summed E-state index contributed by atoms with van der Waals surface area (Å²) >= 11 is 6.01. The number of hydrogen-bond donors (Lipinski definition) is 1. The average molecular weight is 424 g/mol. The van der Waals surface area contributed by atoms with E-state index < -0.39 is 0 Å². The fraction of sp³-hybridized carbons (Fsp3) is 0.227. The first kappa shape index (κ1) is 20.0. The van der Waals surface area contributed by atoms with Crippen molar-refractivity contribution >= 4 is 35.0 Å². The third-order valence-corrected chi connectivity index (χ3v) is 5.17. The number of rotatable bonds is 5. The Labute approximate surface area is 180 Å². The topological polar surface area (TPSA) is 70.6 Å². The highest BCUT2D eigenvalue weighted by atomic mass is 35.5. The number of ether oxygens (including phenoxy) is 1. The number of piperazine rings is 1. The van der Waals surface area contributed by atoms with Crippen molar-refractivity contribution in [2.75, 3.05) is 43.5 Å². The van der Waals surface area contributed by atoms with Gasteiger partial charge in [0.1, 0.15) is 11.6 Å². The number of nitrogens with zero attached hydrogens (tertiary/aromatic N) is 4. The maximum Gasteiger partial charge on any atom is 0.254 e. The van der Waals surface area contributed by atoms with Crippen LogP contribution < -0.4 is 15.0 Å². The number of hydrogen-bond acceptors (Lipinski definition) is 6. The van der Waals surface area contributed by atoms with Gasteiger partial charge in [-0.1, -0.05) is 29.8 Å². The van der Waals surface area contributed by atoms with E-state index in [2.05, 4.69) is 20.2 Å². The van der Waals surface area contributed by atoms with Gasteiger partial charge in [-0.15, -0.1) is 0 Å². The maximum atomic E-state index is 12.7. The normalized spacial score (nSPS) is 13.8. The number of aromatic nitrogens is 2. The summed E-state index contributed by atoms with van der Waals surface area (Å²) in [6.07, 6.45) is 1.73. The molecule has 0 unspecified atom stereocenters. The fourth-order valence-electron chi connectivity index (χ4n) is 3.37. The number of nitrogens with one attached hydrogen (secondary N) is 1. The summed E-state index contributed by atoms with van der Waals surface area (Å²) in [4.78, 5) is 25.7. The Bertz CT molecular complexity index is 1040. The molecule has 0 spiro atoms. The van der Waals surface area contributed by atoms with Gasteiger partial charge in [-0.2, -0.15) is 4.98 Å². The number of methoxy groups -OCH3 is 1. The minimum Gasteiger partial charge on any atom is -0.495 e. The molecule has 0 aliphatic carbocycles. The van der Waals surface area contributed by atoms with E-state index in [1.807, 2.05) is 35.2 Å². The lowest BCUT2D eigenvalue weighted by Gasteiger charge is -2.34. The van der Waals surface area contributed by atoms with Crippen LogP contribution in [0.4, 0.5) is 17.5 Å². The Hall–Kier alpha value is -3.32. The van der Waals surface area contributed by atoms with Crippen molar-refractivity contribution in [2.24, 2.45) is 0 Å². The van der Waals surface area contributed by atoms with Gasteiger partial charge in [0.05, 0.1) is 12.8 Å². The van der Waals surface area contributed by atoms with Crippen LogP contribution in [0, 0.1) is 0 Å². The number of para-hydroxylation sites is 2. The number of benzene rings is 2. The SMILES string of the molecule is COc1ccccc1Nc1ccnc(N2CCN(C(=O)c3cccc(Cl)c3)CC2)n1. The second-order valence-electron chi connectivity index (χ2n) is 6.86. The van der Waals surface area contributed by atoms with Gasteiger partial charge in [0.2, 0.25) is 5.95 Å². The molecule has 7 nitrogen and oxygen atoms in total. The Kier molecular flexibility index (Phi) is 5.99. The molecule has 30 heavy (non-hydrogen) atoms. The summed E-state index contributed by atoms with van der Waals surface area (Å²) in [7, 11) is 1.64.